The largest absolute Gasteiger partial charge is 0.497 e. The Hall–Kier alpha value is -2.77. The van der Waals surface area contributed by atoms with Gasteiger partial charge in [0.05, 0.1) is 19.9 Å². The number of rotatable bonds is 8. The number of urea groups is 1. The highest BCUT2D eigenvalue weighted by Crippen LogP contribution is 2.29. The predicted octanol–water partition coefficient (Wildman–Crippen LogP) is 2.39. The molecule has 1 atom stereocenters. The van der Waals surface area contributed by atoms with Crippen LogP contribution < -0.4 is 20.1 Å². The molecule has 8 nitrogen and oxygen atoms in total. The maximum atomic E-state index is 12.7. The van der Waals surface area contributed by atoms with Crippen molar-refractivity contribution in [2.24, 2.45) is 5.92 Å². The molecule has 0 saturated carbocycles. The molecule has 0 aromatic heterocycles. The summed E-state index contributed by atoms with van der Waals surface area (Å²) >= 11 is 0. The van der Waals surface area contributed by atoms with Gasteiger partial charge in [-0.2, -0.15) is 0 Å². The third-order valence-corrected chi connectivity index (χ3v) is 4.55. The average molecular weight is 377 g/mol. The molecular weight excluding hydrogens is 350 g/mol. The van der Waals surface area contributed by atoms with Crippen molar-refractivity contribution in [3.8, 4) is 11.5 Å². The summed E-state index contributed by atoms with van der Waals surface area (Å²) in [6.07, 6.45) is 1.32. The highest BCUT2D eigenvalue weighted by Gasteiger charge is 2.47. The van der Waals surface area contributed by atoms with Gasteiger partial charge in [0, 0.05) is 6.07 Å². The quantitative estimate of drug-likeness (QED) is 0.678. The van der Waals surface area contributed by atoms with Crippen LogP contribution in [0.2, 0.25) is 0 Å². The second-order valence-electron chi connectivity index (χ2n) is 7.20. The van der Waals surface area contributed by atoms with Crippen LogP contribution in [0.25, 0.3) is 0 Å². The molecule has 148 valence electrons. The summed E-state index contributed by atoms with van der Waals surface area (Å²) in [5.74, 6) is 0.535. The number of hydrogen-bond acceptors (Lipinski definition) is 5. The lowest BCUT2D eigenvalue weighted by molar-refractivity contribution is -0.133. The fourth-order valence-corrected chi connectivity index (χ4v) is 2.87. The molecule has 1 aliphatic heterocycles. The van der Waals surface area contributed by atoms with Gasteiger partial charge in [0.15, 0.2) is 0 Å². The van der Waals surface area contributed by atoms with Gasteiger partial charge in [-0.15, -0.1) is 0 Å². The zero-order chi connectivity index (χ0) is 20.2. The summed E-state index contributed by atoms with van der Waals surface area (Å²) in [4.78, 5) is 38.2. The molecule has 8 heteroatoms. The third-order valence-electron chi connectivity index (χ3n) is 4.55. The summed E-state index contributed by atoms with van der Waals surface area (Å²) in [5.41, 5.74) is -0.544. The maximum Gasteiger partial charge on any atom is 0.325 e. The van der Waals surface area contributed by atoms with E-state index in [9.17, 15) is 14.4 Å². The minimum absolute atomic E-state index is 0.364. The van der Waals surface area contributed by atoms with E-state index in [-0.39, 0.29) is 12.5 Å². The summed E-state index contributed by atoms with van der Waals surface area (Å²) in [7, 11) is 3.00. The zero-order valence-electron chi connectivity index (χ0n) is 16.4. The van der Waals surface area contributed by atoms with Gasteiger partial charge in [0.1, 0.15) is 23.6 Å². The number of imide groups is 1. The molecule has 2 rings (SSSR count). The number of nitrogens with one attached hydrogen (secondary N) is 2. The molecule has 27 heavy (non-hydrogen) atoms. The van der Waals surface area contributed by atoms with Crippen molar-refractivity contribution in [3.63, 3.8) is 0 Å². The first-order valence-electron chi connectivity index (χ1n) is 8.86. The van der Waals surface area contributed by atoms with Gasteiger partial charge in [-0.1, -0.05) is 13.8 Å². The summed E-state index contributed by atoms with van der Waals surface area (Å²) in [5, 5.41) is 5.37. The number of amides is 4. The van der Waals surface area contributed by atoms with E-state index < -0.39 is 17.5 Å². The number of carbonyl (C=O) groups is 3. The molecule has 1 fully saturated rings. The lowest BCUT2D eigenvalue weighted by Gasteiger charge is -2.22. The van der Waals surface area contributed by atoms with E-state index in [0.29, 0.717) is 29.5 Å². The summed E-state index contributed by atoms with van der Waals surface area (Å²) in [6, 6.07) is 4.39. The van der Waals surface area contributed by atoms with Gasteiger partial charge in [0.2, 0.25) is 5.91 Å². The van der Waals surface area contributed by atoms with Crippen LogP contribution in [-0.4, -0.2) is 49.0 Å². The van der Waals surface area contributed by atoms with Crippen molar-refractivity contribution in [2.75, 3.05) is 26.1 Å². The standard InChI is InChI=1S/C19H27N3O5/c1-12(2)8-9-19(3)17(24)22(18(25)21-19)11-16(23)20-14-7-6-13(26-4)10-15(14)27-5/h6-7,10,12H,8-9,11H2,1-5H3,(H,20,23)(H,21,25). The number of nitrogens with zero attached hydrogens (tertiary/aromatic N) is 1. The van der Waals surface area contributed by atoms with Gasteiger partial charge in [-0.25, -0.2) is 4.79 Å². The third kappa shape index (κ3) is 4.69. The topological polar surface area (TPSA) is 97.0 Å². The van der Waals surface area contributed by atoms with Crippen LogP contribution >= 0.6 is 0 Å². The smallest absolute Gasteiger partial charge is 0.325 e. The highest BCUT2D eigenvalue weighted by atomic mass is 16.5. The van der Waals surface area contributed by atoms with Crippen molar-refractivity contribution in [1.29, 1.82) is 0 Å². The van der Waals surface area contributed by atoms with Crippen LogP contribution in [0.1, 0.15) is 33.6 Å². The lowest BCUT2D eigenvalue weighted by Crippen LogP contribution is -2.44. The minimum Gasteiger partial charge on any atom is -0.497 e. The van der Waals surface area contributed by atoms with Crippen molar-refractivity contribution in [3.05, 3.63) is 18.2 Å². The van der Waals surface area contributed by atoms with Crippen LogP contribution in [0.3, 0.4) is 0 Å². The number of benzene rings is 1. The first-order chi connectivity index (χ1) is 12.7. The molecule has 0 spiro atoms. The maximum absolute atomic E-state index is 12.7. The molecule has 0 radical (unpaired) electrons. The second-order valence-corrected chi connectivity index (χ2v) is 7.20. The number of carbonyl (C=O) groups excluding carboxylic acids is 3. The number of methoxy groups -OCH3 is 2. The van der Waals surface area contributed by atoms with Crippen LogP contribution in [0.15, 0.2) is 18.2 Å². The van der Waals surface area contributed by atoms with Crippen LogP contribution in [0.5, 0.6) is 11.5 Å². The van der Waals surface area contributed by atoms with Crippen molar-refractivity contribution in [2.45, 2.75) is 39.2 Å². The summed E-state index contributed by atoms with van der Waals surface area (Å²) < 4.78 is 10.4. The Balaban J connectivity index is 2.05. The molecule has 1 aromatic rings. The Morgan fingerprint density at radius 3 is 2.56 bits per heavy atom. The Morgan fingerprint density at radius 2 is 1.96 bits per heavy atom. The lowest BCUT2D eigenvalue weighted by atomic mass is 9.92. The van der Waals surface area contributed by atoms with E-state index in [4.69, 9.17) is 9.47 Å². The Bertz CT molecular complexity index is 734. The Labute approximate surface area is 159 Å². The van der Waals surface area contributed by atoms with E-state index >= 15 is 0 Å². The van der Waals surface area contributed by atoms with Gasteiger partial charge in [0.25, 0.3) is 5.91 Å². The van der Waals surface area contributed by atoms with Crippen molar-refractivity contribution >= 4 is 23.5 Å². The van der Waals surface area contributed by atoms with Crippen LogP contribution in [0.4, 0.5) is 10.5 Å². The van der Waals surface area contributed by atoms with Crippen LogP contribution in [0, 0.1) is 5.92 Å². The van der Waals surface area contributed by atoms with Gasteiger partial charge in [-0.05, 0) is 37.8 Å². The SMILES string of the molecule is COc1ccc(NC(=O)CN2C(=O)NC(C)(CCC(C)C)C2=O)c(OC)c1. The first-order valence-corrected chi connectivity index (χ1v) is 8.86. The average Bonchev–Trinajstić information content (AvgIpc) is 2.84. The second kappa shape index (κ2) is 8.28. The molecule has 2 N–H and O–H groups in total. The molecule has 4 amide bonds. The van der Waals surface area contributed by atoms with E-state index in [1.54, 1.807) is 25.1 Å². The molecule has 1 aliphatic rings. The molecule has 1 saturated heterocycles. The van der Waals surface area contributed by atoms with Gasteiger partial charge in [-0.3, -0.25) is 14.5 Å². The van der Waals surface area contributed by atoms with E-state index in [2.05, 4.69) is 24.5 Å². The fraction of sp³-hybridized carbons (Fsp3) is 0.526. The molecule has 1 heterocycles. The van der Waals surface area contributed by atoms with Gasteiger partial charge < -0.3 is 20.1 Å². The minimum atomic E-state index is -0.973. The molecule has 1 unspecified atom stereocenters. The zero-order valence-corrected chi connectivity index (χ0v) is 16.4. The van der Waals surface area contributed by atoms with E-state index in [0.717, 1.165) is 11.3 Å². The monoisotopic (exact) mass is 377 g/mol. The predicted molar refractivity (Wildman–Crippen MR) is 101 cm³/mol. The number of ether oxygens (including phenoxy) is 2. The number of anilines is 1. The summed E-state index contributed by atoms with van der Waals surface area (Å²) in [6.45, 7) is 5.44. The van der Waals surface area contributed by atoms with Crippen molar-refractivity contribution in [1.82, 2.24) is 10.2 Å². The van der Waals surface area contributed by atoms with E-state index in [1.807, 2.05) is 0 Å². The molecule has 0 aliphatic carbocycles. The van der Waals surface area contributed by atoms with Crippen molar-refractivity contribution < 1.29 is 23.9 Å². The van der Waals surface area contributed by atoms with E-state index in [1.165, 1.54) is 14.2 Å². The Morgan fingerprint density at radius 1 is 1.26 bits per heavy atom. The molecule has 0 bridgehead atoms. The highest BCUT2D eigenvalue weighted by molar-refractivity contribution is 6.10. The van der Waals surface area contributed by atoms with Gasteiger partial charge >= 0.3 is 6.03 Å². The van der Waals surface area contributed by atoms with Crippen LogP contribution in [-0.2, 0) is 9.59 Å². The normalized spacial score (nSPS) is 19.3. The molecular formula is C19H27N3O5. The number of hydrogen-bond donors (Lipinski definition) is 2. The Kier molecular flexibility index (Phi) is 6.30. The fourth-order valence-electron chi connectivity index (χ4n) is 2.87. The molecule has 1 aromatic carbocycles. The first kappa shape index (κ1) is 20.5.